The Bertz CT molecular complexity index is 586. The number of rotatable bonds is 42. The van der Waals surface area contributed by atoms with Gasteiger partial charge in [-0.15, -0.1) is 0 Å². The van der Waals surface area contributed by atoms with Crippen LogP contribution in [0, 0.1) is 5.41 Å². The summed E-state index contributed by atoms with van der Waals surface area (Å²) in [6.45, 7) is 22.2. The molecule has 0 unspecified atom stereocenters. The van der Waals surface area contributed by atoms with Crippen molar-refractivity contribution in [2.45, 2.75) is 266 Å². The van der Waals surface area contributed by atoms with E-state index in [-0.39, 0.29) is 0 Å². The van der Waals surface area contributed by atoms with Gasteiger partial charge in [-0.2, -0.15) is 0 Å². The van der Waals surface area contributed by atoms with Gasteiger partial charge in [-0.25, -0.2) is 0 Å². The molecule has 2 heteroatoms. The molecule has 0 bridgehead atoms. The molecular formula is C48H100N2. The maximum atomic E-state index is 2.89. The highest BCUT2D eigenvalue weighted by molar-refractivity contribution is 4.66. The normalized spacial score (nSPS) is 12.2. The Balaban J connectivity index is 4.62. The van der Waals surface area contributed by atoms with Crippen molar-refractivity contribution in [3.63, 3.8) is 0 Å². The van der Waals surface area contributed by atoms with E-state index >= 15 is 0 Å². The van der Waals surface area contributed by atoms with Crippen molar-refractivity contribution in [3.8, 4) is 0 Å². The van der Waals surface area contributed by atoms with Crippen molar-refractivity contribution in [1.29, 1.82) is 0 Å². The fourth-order valence-electron chi connectivity index (χ4n) is 7.82. The predicted octanol–water partition coefficient (Wildman–Crippen LogP) is 16.3. The van der Waals surface area contributed by atoms with E-state index in [1.165, 1.54) is 264 Å². The van der Waals surface area contributed by atoms with Gasteiger partial charge in [-0.3, -0.25) is 0 Å². The molecule has 2 nitrogen and oxygen atoms in total. The highest BCUT2D eigenvalue weighted by atomic mass is 15.1. The fraction of sp³-hybridized carbons (Fsp3) is 1.00. The van der Waals surface area contributed by atoms with Crippen LogP contribution in [0.4, 0.5) is 0 Å². The van der Waals surface area contributed by atoms with Crippen LogP contribution in [0.15, 0.2) is 0 Å². The van der Waals surface area contributed by atoms with Gasteiger partial charge in [0.2, 0.25) is 0 Å². The molecular weight excluding hydrogens is 605 g/mol. The number of hydrogen-bond donors (Lipinski definition) is 0. The first-order valence-electron chi connectivity index (χ1n) is 23.9. The van der Waals surface area contributed by atoms with Gasteiger partial charge in [-0.05, 0) is 83.2 Å². The molecule has 0 rings (SSSR count). The predicted molar refractivity (Wildman–Crippen MR) is 231 cm³/mol. The Morgan fingerprint density at radius 1 is 0.240 bits per heavy atom. The third kappa shape index (κ3) is 40.7. The lowest BCUT2D eigenvalue weighted by Crippen LogP contribution is -2.32. The summed E-state index contributed by atoms with van der Waals surface area (Å²) in [5, 5.41) is 0. The number of nitrogens with zero attached hydrogens (tertiary/aromatic N) is 2. The summed E-state index contributed by atoms with van der Waals surface area (Å²) < 4.78 is 0. The van der Waals surface area contributed by atoms with Crippen molar-refractivity contribution < 1.29 is 0 Å². The molecule has 0 amide bonds. The van der Waals surface area contributed by atoms with E-state index in [1.807, 2.05) is 0 Å². The number of hydrogen-bond acceptors (Lipinski definition) is 2. The van der Waals surface area contributed by atoms with Gasteiger partial charge >= 0.3 is 0 Å². The van der Waals surface area contributed by atoms with Crippen molar-refractivity contribution in [2.24, 2.45) is 5.41 Å². The van der Waals surface area contributed by atoms with Gasteiger partial charge in [0.15, 0.2) is 0 Å². The summed E-state index contributed by atoms with van der Waals surface area (Å²) >= 11 is 0. The fourth-order valence-corrected chi connectivity index (χ4v) is 7.82. The average Bonchev–Trinajstić information content (AvgIpc) is 3.09. The van der Waals surface area contributed by atoms with Crippen LogP contribution in [0.2, 0.25) is 0 Å². The first kappa shape index (κ1) is 49.9. The Morgan fingerprint density at radius 2 is 0.440 bits per heavy atom. The van der Waals surface area contributed by atoms with Crippen LogP contribution in [0.1, 0.15) is 266 Å². The van der Waals surface area contributed by atoms with Crippen LogP contribution in [-0.4, -0.2) is 49.1 Å². The van der Waals surface area contributed by atoms with E-state index in [0.717, 1.165) is 0 Å². The summed E-state index contributed by atoms with van der Waals surface area (Å²) in [4.78, 5) is 5.76. The van der Waals surface area contributed by atoms with Crippen LogP contribution in [0.3, 0.4) is 0 Å². The third-order valence-electron chi connectivity index (χ3n) is 11.3. The zero-order valence-corrected chi connectivity index (χ0v) is 36.4. The van der Waals surface area contributed by atoms with Crippen molar-refractivity contribution >= 4 is 0 Å². The molecule has 0 aliphatic carbocycles. The molecule has 0 atom stereocenters. The molecule has 0 aliphatic heterocycles. The van der Waals surface area contributed by atoms with Gasteiger partial charge in [0.05, 0.1) is 0 Å². The van der Waals surface area contributed by atoms with E-state index in [0.29, 0.717) is 5.41 Å². The van der Waals surface area contributed by atoms with E-state index in [9.17, 15) is 0 Å². The zero-order chi connectivity index (χ0) is 36.6. The van der Waals surface area contributed by atoms with E-state index in [4.69, 9.17) is 0 Å². The highest BCUT2D eigenvalue weighted by Gasteiger charge is 2.11. The molecule has 0 aromatic heterocycles. The maximum Gasteiger partial charge on any atom is -0.000655 e. The smallest absolute Gasteiger partial charge is 0.000655 e. The van der Waals surface area contributed by atoms with Gasteiger partial charge in [0.25, 0.3) is 0 Å². The first-order chi connectivity index (χ1) is 24.4. The molecule has 0 heterocycles. The molecule has 0 radical (unpaired) electrons. The van der Waals surface area contributed by atoms with Crippen LogP contribution < -0.4 is 0 Å². The van der Waals surface area contributed by atoms with E-state index in [1.54, 1.807) is 0 Å². The van der Waals surface area contributed by atoms with Crippen LogP contribution in [0.25, 0.3) is 0 Å². The Kier molecular flexibility index (Phi) is 40.0. The second-order valence-corrected chi connectivity index (χ2v) is 18.0. The van der Waals surface area contributed by atoms with Gasteiger partial charge in [0.1, 0.15) is 0 Å². The molecule has 0 N–H and O–H groups in total. The van der Waals surface area contributed by atoms with Gasteiger partial charge < -0.3 is 9.80 Å². The lowest BCUT2D eigenvalue weighted by Gasteiger charge is -2.26. The largest absolute Gasteiger partial charge is 0.303 e. The van der Waals surface area contributed by atoms with Crippen LogP contribution in [-0.2, 0) is 0 Å². The van der Waals surface area contributed by atoms with Crippen molar-refractivity contribution in [3.05, 3.63) is 0 Å². The standard InChI is InChI=1S/C48H100N2/c1-7-10-13-16-19-22-25-28-31-36-42-49(43-37-32-29-26-23-20-17-14-11-8-2)46-40-47-50(45-39-34-35-41-48(4,5)6)44-38-33-30-27-24-21-18-15-12-9-3/h7-47H2,1-6H3. The summed E-state index contributed by atoms with van der Waals surface area (Å²) in [6, 6.07) is 0. The molecule has 0 spiro atoms. The maximum absolute atomic E-state index is 2.89. The van der Waals surface area contributed by atoms with Crippen LogP contribution in [0.5, 0.6) is 0 Å². The topological polar surface area (TPSA) is 6.48 Å². The Hall–Kier alpha value is -0.0800. The van der Waals surface area contributed by atoms with Gasteiger partial charge in [0, 0.05) is 0 Å². The summed E-state index contributed by atoms with van der Waals surface area (Å²) in [6.07, 6.45) is 50.3. The monoisotopic (exact) mass is 705 g/mol. The summed E-state index contributed by atoms with van der Waals surface area (Å²) in [5.74, 6) is 0. The molecule has 0 saturated heterocycles. The Labute approximate surface area is 319 Å². The molecule has 50 heavy (non-hydrogen) atoms. The quantitative estimate of drug-likeness (QED) is 0.0584. The minimum absolute atomic E-state index is 0.488. The number of unbranched alkanes of at least 4 members (excludes halogenated alkanes) is 29. The highest BCUT2D eigenvalue weighted by Crippen LogP contribution is 2.22. The third-order valence-corrected chi connectivity index (χ3v) is 11.3. The second-order valence-electron chi connectivity index (χ2n) is 18.0. The molecule has 0 aromatic carbocycles. The van der Waals surface area contributed by atoms with Crippen molar-refractivity contribution in [1.82, 2.24) is 9.80 Å². The van der Waals surface area contributed by atoms with Gasteiger partial charge in [-0.1, -0.05) is 228 Å². The molecule has 0 fully saturated rings. The second kappa shape index (κ2) is 40.1. The zero-order valence-electron chi connectivity index (χ0n) is 36.4. The van der Waals surface area contributed by atoms with E-state index in [2.05, 4.69) is 51.3 Å². The summed E-state index contributed by atoms with van der Waals surface area (Å²) in [7, 11) is 0. The van der Waals surface area contributed by atoms with Crippen molar-refractivity contribution in [2.75, 3.05) is 39.3 Å². The average molecular weight is 705 g/mol. The Morgan fingerprint density at radius 3 is 0.680 bits per heavy atom. The van der Waals surface area contributed by atoms with E-state index < -0.39 is 0 Å². The molecule has 302 valence electrons. The molecule has 0 aromatic rings. The minimum atomic E-state index is 0.488. The summed E-state index contributed by atoms with van der Waals surface area (Å²) in [5.41, 5.74) is 0.488. The lowest BCUT2D eigenvalue weighted by atomic mass is 9.89. The molecule has 0 aliphatic rings. The SMILES string of the molecule is CCCCCCCCCCCCN(CCCCCCCCCCCC)CCCN(CCCCCCCCCCCC)CCCCCC(C)(C)C. The minimum Gasteiger partial charge on any atom is -0.303 e. The molecule has 0 saturated carbocycles. The lowest BCUT2D eigenvalue weighted by molar-refractivity contribution is 0.214. The van der Waals surface area contributed by atoms with Crippen LogP contribution >= 0.6 is 0 Å². The first-order valence-corrected chi connectivity index (χ1v) is 23.9.